The summed E-state index contributed by atoms with van der Waals surface area (Å²) in [6, 6.07) is 8.23. The molecule has 0 aliphatic carbocycles. The molecule has 0 radical (unpaired) electrons. The molecule has 10 heteroatoms. The Morgan fingerprint density at radius 3 is 2.24 bits per heavy atom. The predicted octanol–water partition coefficient (Wildman–Crippen LogP) is 2.44. The number of benzene rings is 1. The Labute approximate surface area is 174 Å². The summed E-state index contributed by atoms with van der Waals surface area (Å²) in [5, 5.41) is 4.96. The molecule has 1 saturated heterocycles. The molecule has 152 valence electrons. The van der Waals surface area contributed by atoms with Gasteiger partial charge in [-0.15, -0.1) is 0 Å². The third-order valence-electron chi connectivity index (χ3n) is 4.85. The first-order chi connectivity index (χ1) is 13.8. The van der Waals surface area contributed by atoms with Crippen LogP contribution >= 0.6 is 11.6 Å². The molecule has 29 heavy (non-hydrogen) atoms. The lowest BCUT2D eigenvalue weighted by Crippen LogP contribution is -2.49. The van der Waals surface area contributed by atoms with E-state index < -0.39 is 10.0 Å². The summed E-state index contributed by atoms with van der Waals surface area (Å²) in [4.78, 5) is 11.3. The van der Waals surface area contributed by atoms with Gasteiger partial charge in [0.1, 0.15) is 5.82 Å². The fourth-order valence-corrected chi connectivity index (χ4v) is 4.92. The number of aryl methyl sites for hydroxylation is 2. The summed E-state index contributed by atoms with van der Waals surface area (Å²) >= 11 is 5.87. The summed E-state index contributed by atoms with van der Waals surface area (Å²) in [7, 11) is -3.54. The molecular weight excluding hydrogens is 412 g/mol. The molecule has 0 atom stereocenters. The maximum Gasteiger partial charge on any atom is 0.243 e. The first-order valence-corrected chi connectivity index (χ1v) is 11.0. The number of aromatic nitrogens is 4. The van der Waals surface area contributed by atoms with Gasteiger partial charge in [0.25, 0.3) is 0 Å². The number of rotatable bonds is 4. The van der Waals surface area contributed by atoms with Crippen LogP contribution in [0.3, 0.4) is 0 Å². The van der Waals surface area contributed by atoms with Crippen LogP contribution in [-0.4, -0.2) is 58.7 Å². The van der Waals surface area contributed by atoms with Crippen molar-refractivity contribution in [3.05, 3.63) is 59.1 Å². The van der Waals surface area contributed by atoms with Gasteiger partial charge in [0, 0.05) is 36.9 Å². The normalized spacial score (nSPS) is 15.6. The molecule has 1 aliphatic rings. The Bertz CT molecular complexity index is 1120. The van der Waals surface area contributed by atoms with Crippen LogP contribution in [0.5, 0.6) is 0 Å². The summed E-state index contributed by atoms with van der Waals surface area (Å²) in [6.07, 6.45) is 3.36. The molecule has 0 amide bonds. The summed E-state index contributed by atoms with van der Waals surface area (Å²) in [6.45, 7) is 5.70. The molecule has 1 aliphatic heterocycles. The van der Waals surface area contributed by atoms with Crippen LogP contribution in [0.15, 0.2) is 47.6 Å². The van der Waals surface area contributed by atoms with Gasteiger partial charge in [-0.1, -0.05) is 11.6 Å². The Kier molecular flexibility index (Phi) is 5.28. The minimum Gasteiger partial charge on any atom is -0.353 e. The molecule has 8 nitrogen and oxygen atoms in total. The smallest absolute Gasteiger partial charge is 0.243 e. The van der Waals surface area contributed by atoms with Crippen molar-refractivity contribution in [2.24, 2.45) is 0 Å². The summed E-state index contributed by atoms with van der Waals surface area (Å²) in [5.41, 5.74) is 1.89. The van der Waals surface area contributed by atoms with Gasteiger partial charge in [-0.2, -0.15) is 9.40 Å². The number of halogens is 1. The molecule has 1 fully saturated rings. The zero-order valence-corrected chi connectivity index (χ0v) is 17.7. The van der Waals surface area contributed by atoms with E-state index in [0.29, 0.717) is 42.8 Å². The highest BCUT2D eigenvalue weighted by Crippen LogP contribution is 2.22. The van der Waals surface area contributed by atoms with Gasteiger partial charge in [0.2, 0.25) is 10.0 Å². The SMILES string of the molecule is Cc1cc(C)n(-c2cncc(N3CCN(S(=O)(=O)c4ccc(Cl)cc4)CC3)n2)n1. The van der Waals surface area contributed by atoms with Crippen LogP contribution in [0, 0.1) is 13.8 Å². The maximum atomic E-state index is 12.8. The fraction of sp³-hybridized carbons (Fsp3) is 0.316. The van der Waals surface area contributed by atoms with Crippen molar-refractivity contribution < 1.29 is 8.42 Å². The number of hydrogen-bond acceptors (Lipinski definition) is 6. The highest BCUT2D eigenvalue weighted by atomic mass is 35.5. The molecule has 3 heterocycles. The average molecular weight is 433 g/mol. The van der Waals surface area contributed by atoms with Crippen molar-refractivity contribution in [2.45, 2.75) is 18.7 Å². The predicted molar refractivity (Wildman–Crippen MR) is 111 cm³/mol. The first-order valence-electron chi connectivity index (χ1n) is 9.21. The molecule has 1 aromatic carbocycles. The van der Waals surface area contributed by atoms with Crippen molar-refractivity contribution >= 4 is 27.4 Å². The largest absolute Gasteiger partial charge is 0.353 e. The van der Waals surface area contributed by atoms with Crippen LogP contribution in [0.4, 0.5) is 5.82 Å². The lowest BCUT2D eigenvalue weighted by atomic mass is 10.3. The van der Waals surface area contributed by atoms with E-state index in [1.54, 1.807) is 29.2 Å². The number of nitrogens with zero attached hydrogens (tertiary/aromatic N) is 6. The van der Waals surface area contributed by atoms with Crippen molar-refractivity contribution in [3.8, 4) is 5.82 Å². The number of sulfonamides is 1. The lowest BCUT2D eigenvalue weighted by Gasteiger charge is -2.34. The highest BCUT2D eigenvalue weighted by Gasteiger charge is 2.29. The van der Waals surface area contributed by atoms with Gasteiger partial charge >= 0.3 is 0 Å². The van der Waals surface area contributed by atoms with Gasteiger partial charge in [-0.05, 0) is 44.2 Å². The van der Waals surface area contributed by atoms with Gasteiger partial charge in [-0.25, -0.2) is 18.1 Å². The molecule has 4 rings (SSSR count). The molecule has 0 unspecified atom stereocenters. The Morgan fingerprint density at radius 1 is 0.966 bits per heavy atom. The van der Waals surface area contributed by atoms with Crippen LogP contribution in [0.2, 0.25) is 5.02 Å². The molecule has 0 saturated carbocycles. The third kappa shape index (κ3) is 3.98. The topological polar surface area (TPSA) is 84.2 Å². The minimum absolute atomic E-state index is 0.252. The number of piperazine rings is 1. The zero-order valence-electron chi connectivity index (χ0n) is 16.2. The van der Waals surface area contributed by atoms with Crippen LogP contribution < -0.4 is 4.90 Å². The zero-order chi connectivity index (χ0) is 20.6. The van der Waals surface area contributed by atoms with Crippen LogP contribution in [-0.2, 0) is 10.0 Å². The van der Waals surface area contributed by atoms with Crippen molar-refractivity contribution in [1.29, 1.82) is 0 Å². The standard InChI is InChI=1S/C19H21ClN6O2S/c1-14-11-15(2)26(23-14)19-13-21-12-18(22-19)24-7-9-25(10-8-24)29(27,28)17-5-3-16(20)4-6-17/h3-6,11-13H,7-10H2,1-2H3. The van der Waals surface area contributed by atoms with E-state index in [9.17, 15) is 8.42 Å². The second kappa shape index (κ2) is 7.74. The van der Waals surface area contributed by atoms with Gasteiger partial charge in [-0.3, -0.25) is 4.98 Å². The number of hydrogen-bond donors (Lipinski definition) is 0. The number of anilines is 1. The maximum absolute atomic E-state index is 12.8. The Balaban J connectivity index is 1.49. The third-order valence-corrected chi connectivity index (χ3v) is 7.01. The molecule has 0 spiro atoms. The Hall–Kier alpha value is -2.49. The van der Waals surface area contributed by atoms with Gasteiger partial charge in [0.15, 0.2) is 5.82 Å². The average Bonchev–Trinajstić information content (AvgIpc) is 3.06. The summed E-state index contributed by atoms with van der Waals surface area (Å²) in [5.74, 6) is 1.35. The van der Waals surface area contributed by atoms with Crippen molar-refractivity contribution in [1.82, 2.24) is 24.1 Å². The molecule has 3 aromatic rings. The van der Waals surface area contributed by atoms with E-state index in [2.05, 4.69) is 15.1 Å². The summed E-state index contributed by atoms with van der Waals surface area (Å²) < 4.78 is 28.9. The second-order valence-electron chi connectivity index (χ2n) is 6.92. The highest BCUT2D eigenvalue weighted by molar-refractivity contribution is 7.89. The van der Waals surface area contributed by atoms with Gasteiger partial charge < -0.3 is 4.90 Å². The van der Waals surface area contributed by atoms with E-state index in [-0.39, 0.29) is 4.90 Å². The lowest BCUT2D eigenvalue weighted by molar-refractivity contribution is 0.383. The van der Waals surface area contributed by atoms with E-state index in [1.807, 2.05) is 24.8 Å². The van der Waals surface area contributed by atoms with Crippen LogP contribution in [0.1, 0.15) is 11.4 Å². The molecule has 0 bridgehead atoms. The Morgan fingerprint density at radius 2 is 1.62 bits per heavy atom. The van der Waals surface area contributed by atoms with Crippen molar-refractivity contribution in [2.75, 3.05) is 31.1 Å². The second-order valence-corrected chi connectivity index (χ2v) is 9.29. The molecular formula is C19H21ClN6O2S. The molecule has 2 aromatic heterocycles. The minimum atomic E-state index is -3.54. The van der Waals surface area contributed by atoms with E-state index in [0.717, 1.165) is 11.4 Å². The molecule has 0 N–H and O–H groups in total. The fourth-order valence-electron chi connectivity index (χ4n) is 3.37. The van der Waals surface area contributed by atoms with E-state index >= 15 is 0 Å². The monoisotopic (exact) mass is 432 g/mol. The van der Waals surface area contributed by atoms with E-state index in [4.69, 9.17) is 11.6 Å². The van der Waals surface area contributed by atoms with Gasteiger partial charge in [0.05, 0.1) is 23.0 Å². The van der Waals surface area contributed by atoms with E-state index in [1.165, 1.54) is 16.4 Å². The van der Waals surface area contributed by atoms with Crippen molar-refractivity contribution in [3.63, 3.8) is 0 Å². The van der Waals surface area contributed by atoms with Crippen LogP contribution in [0.25, 0.3) is 5.82 Å². The first kappa shape index (κ1) is 19.8. The quantitative estimate of drug-likeness (QED) is 0.629.